The van der Waals surface area contributed by atoms with E-state index in [0.717, 1.165) is 101 Å². The summed E-state index contributed by atoms with van der Waals surface area (Å²) >= 11 is 0. The summed E-state index contributed by atoms with van der Waals surface area (Å²) in [6, 6.07) is 57.6. The zero-order valence-corrected chi connectivity index (χ0v) is 59.5. The van der Waals surface area contributed by atoms with E-state index >= 15 is 0 Å². The largest absolute Gasteiger partial charge is 0.508 e. The number of fused-ring (bicyclic) bond motifs is 3. The Balaban J connectivity index is 0.000000157. The standard InChI is InChI=1S/3C28H34N2O2/c3*1-27(2,3)17-11-13-23(31)19(15-17)25-26(30-22-10-8-7-9-21(22)29-25)20-16-18(28(4,5)6)12-14-24(20)32/h3*7-16,25-26,29-32H,1-6H3/t3*25-,26-/m000/s1. The molecule has 0 radical (unpaired) electrons. The molecule has 0 aromatic heterocycles. The first kappa shape index (κ1) is 69.4. The lowest BCUT2D eigenvalue weighted by atomic mass is 9.81. The second-order valence-corrected chi connectivity index (χ2v) is 32.5. The smallest absolute Gasteiger partial charge is 0.120 e. The number of phenolic OH excluding ortho intramolecular Hbond substituents is 6. The average molecular weight is 1290 g/mol. The van der Waals surface area contributed by atoms with Gasteiger partial charge < -0.3 is 62.5 Å². The van der Waals surface area contributed by atoms with Crippen molar-refractivity contribution in [3.63, 3.8) is 0 Å². The molecule has 12 heteroatoms. The summed E-state index contributed by atoms with van der Waals surface area (Å²) in [4.78, 5) is 0. The number of rotatable bonds is 6. The molecule has 0 spiro atoms. The molecule has 12 rings (SSSR count). The van der Waals surface area contributed by atoms with Crippen molar-refractivity contribution in [3.8, 4) is 34.5 Å². The number of hydrogen-bond acceptors (Lipinski definition) is 12. The molecule has 0 unspecified atom stereocenters. The van der Waals surface area contributed by atoms with Gasteiger partial charge in [0.05, 0.1) is 70.4 Å². The maximum atomic E-state index is 10.9. The van der Waals surface area contributed by atoms with Crippen molar-refractivity contribution in [1.82, 2.24) is 0 Å². The SMILES string of the molecule is CC(C)(C)c1ccc(O)c([C@@H]2Nc3ccccc3N[C@H]2c2cc(C(C)(C)C)ccc2O)c1.CC(C)(C)c1ccc(O)c([C@@H]2Nc3ccccc3N[C@H]2c2cc(C(C)(C)C)ccc2O)c1.CC(C)(C)c1ccc(O)c([C@@H]2Nc3ccccc3N[C@H]2c2cc(C(C)(C)C)ccc2O)c1. The van der Waals surface area contributed by atoms with Crippen LogP contribution >= 0.6 is 0 Å². The molecule has 9 aromatic carbocycles. The lowest BCUT2D eigenvalue weighted by Crippen LogP contribution is -2.31. The van der Waals surface area contributed by atoms with Gasteiger partial charge in [0.2, 0.25) is 0 Å². The maximum Gasteiger partial charge on any atom is 0.120 e. The van der Waals surface area contributed by atoms with Crippen LogP contribution in [0.15, 0.2) is 182 Å². The summed E-state index contributed by atoms with van der Waals surface area (Å²) in [5.74, 6) is 1.46. The van der Waals surface area contributed by atoms with Gasteiger partial charge >= 0.3 is 0 Å². The van der Waals surface area contributed by atoms with Crippen LogP contribution in [0.25, 0.3) is 0 Å². The topological polar surface area (TPSA) is 194 Å². The number of aromatic hydroxyl groups is 6. The van der Waals surface area contributed by atoms with Crippen molar-refractivity contribution in [2.75, 3.05) is 31.9 Å². The number of benzene rings is 9. The van der Waals surface area contributed by atoms with Crippen LogP contribution in [0.4, 0.5) is 34.1 Å². The van der Waals surface area contributed by atoms with Crippen LogP contribution in [-0.4, -0.2) is 30.6 Å². The average Bonchev–Trinajstić information content (AvgIpc) is 0.773. The third-order valence-corrected chi connectivity index (χ3v) is 19.0. The molecule has 0 saturated heterocycles. The van der Waals surface area contributed by atoms with Gasteiger partial charge in [-0.3, -0.25) is 0 Å². The third kappa shape index (κ3) is 15.1. The van der Waals surface area contributed by atoms with Gasteiger partial charge in [-0.1, -0.05) is 197 Å². The van der Waals surface area contributed by atoms with Crippen molar-refractivity contribution in [3.05, 3.63) is 249 Å². The highest BCUT2D eigenvalue weighted by molar-refractivity contribution is 5.76. The fraction of sp³-hybridized carbons (Fsp3) is 0.357. The van der Waals surface area contributed by atoms with Crippen LogP contribution in [0.2, 0.25) is 0 Å². The summed E-state index contributed by atoms with van der Waals surface area (Å²) in [7, 11) is 0. The highest BCUT2D eigenvalue weighted by atomic mass is 16.3. The fourth-order valence-electron chi connectivity index (χ4n) is 12.9. The Morgan fingerprint density at radius 2 is 0.323 bits per heavy atom. The molecule has 12 nitrogen and oxygen atoms in total. The van der Waals surface area contributed by atoms with E-state index in [1.165, 1.54) is 0 Å². The molecule has 96 heavy (non-hydrogen) atoms. The second kappa shape index (κ2) is 26.3. The molecule has 0 fully saturated rings. The van der Waals surface area contributed by atoms with Crippen LogP contribution in [0.5, 0.6) is 34.5 Å². The predicted molar refractivity (Wildman–Crippen MR) is 398 cm³/mol. The van der Waals surface area contributed by atoms with Gasteiger partial charge in [0.1, 0.15) is 34.5 Å². The second-order valence-electron chi connectivity index (χ2n) is 32.5. The van der Waals surface area contributed by atoms with Crippen molar-refractivity contribution in [2.45, 2.75) is 193 Å². The Labute approximate surface area is 570 Å². The van der Waals surface area contributed by atoms with E-state index in [0.29, 0.717) is 0 Å². The van der Waals surface area contributed by atoms with Crippen LogP contribution in [0.3, 0.4) is 0 Å². The normalized spacial score (nSPS) is 18.4. The van der Waals surface area contributed by atoms with E-state index in [2.05, 4.69) is 193 Å². The molecule has 3 aliphatic rings. The third-order valence-electron chi connectivity index (χ3n) is 19.0. The van der Waals surface area contributed by atoms with Crippen molar-refractivity contribution in [1.29, 1.82) is 0 Å². The van der Waals surface area contributed by atoms with E-state index in [-0.39, 0.29) is 103 Å². The molecular formula is C84H102N6O6. The number of para-hydroxylation sites is 6. The van der Waals surface area contributed by atoms with Crippen LogP contribution in [-0.2, 0) is 32.5 Å². The molecule has 6 atom stereocenters. The first-order valence-corrected chi connectivity index (χ1v) is 33.7. The van der Waals surface area contributed by atoms with Gasteiger partial charge in [-0.15, -0.1) is 0 Å². The number of anilines is 6. The zero-order chi connectivity index (χ0) is 69.8. The Morgan fingerprint density at radius 3 is 0.438 bits per heavy atom. The van der Waals surface area contributed by atoms with Gasteiger partial charge in [-0.2, -0.15) is 0 Å². The van der Waals surface area contributed by atoms with Crippen LogP contribution in [0, 0.1) is 0 Å². The summed E-state index contributed by atoms with van der Waals surface area (Å²) in [5, 5.41) is 87.1. The summed E-state index contributed by atoms with van der Waals surface area (Å²) < 4.78 is 0. The Hall–Kier alpha value is -9.42. The molecule has 504 valence electrons. The van der Waals surface area contributed by atoms with Gasteiger partial charge in [0, 0.05) is 33.4 Å². The molecule has 0 aliphatic carbocycles. The zero-order valence-electron chi connectivity index (χ0n) is 59.5. The molecule has 0 amide bonds. The van der Waals surface area contributed by atoms with Crippen molar-refractivity contribution in [2.24, 2.45) is 0 Å². The van der Waals surface area contributed by atoms with Crippen LogP contribution in [0.1, 0.15) is 228 Å². The summed E-state index contributed by atoms with van der Waals surface area (Å²) in [6.45, 7) is 39.0. The maximum absolute atomic E-state index is 10.9. The van der Waals surface area contributed by atoms with Gasteiger partial charge in [-0.25, -0.2) is 0 Å². The molecule has 9 aromatic rings. The van der Waals surface area contributed by atoms with Crippen molar-refractivity contribution < 1.29 is 30.6 Å². The van der Waals surface area contributed by atoms with E-state index < -0.39 is 0 Å². The Kier molecular flexibility index (Phi) is 19.0. The minimum Gasteiger partial charge on any atom is -0.508 e. The summed E-state index contributed by atoms with van der Waals surface area (Å²) in [6.07, 6.45) is 0. The molecule has 12 N–H and O–H groups in total. The van der Waals surface area contributed by atoms with E-state index in [1.54, 1.807) is 36.4 Å². The minimum absolute atomic E-state index is 0.0494. The lowest BCUT2D eigenvalue weighted by Gasteiger charge is -2.38. The van der Waals surface area contributed by atoms with Crippen molar-refractivity contribution >= 4 is 34.1 Å². The molecule has 0 bridgehead atoms. The molecule has 3 heterocycles. The van der Waals surface area contributed by atoms with Gasteiger partial charge in [0.25, 0.3) is 0 Å². The molecule has 3 aliphatic heterocycles. The fourth-order valence-corrected chi connectivity index (χ4v) is 12.9. The number of phenols is 6. The van der Waals surface area contributed by atoms with Gasteiger partial charge in [0.15, 0.2) is 0 Å². The molecular weight excluding hydrogens is 1190 g/mol. The minimum atomic E-state index is -0.270. The highest BCUT2D eigenvalue weighted by Crippen LogP contribution is 2.52. The quantitative estimate of drug-likeness (QED) is 0.0755. The number of nitrogens with one attached hydrogen (secondary N) is 6. The summed E-state index contributed by atoms with van der Waals surface area (Å²) in [5.41, 5.74) is 17.3. The van der Waals surface area contributed by atoms with E-state index in [1.807, 2.05) is 109 Å². The monoisotopic (exact) mass is 1290 g/mol. The van der Waals surface area contributed by atoms with Gasteiger partial charge in [-0.05, 0) is 175 Å². The van der Waals surface area contributed by atoms with E-state index in [4.69, 9.17) is 0 Å². The first-order chi connectivity index (χ1) is 44.8. The Morgan fingerprint density at radius 1 is 0.198 bits per heavy atom. The lowest BCUT2D eigenvalue weighted by molar-refractivity contribution is 0.444. The number of hydrogen-bond donors (Lipinski definition) is 12. The highest BCUT2D eigenvalue weighted by Gasteiger charge is 2.39. The predicted octanol–water partition coefficient (Wildman–Crippen LogP) is 21.0. The van der Waals surface area contributed by atoms with E-state index in [9.17, 15) is 30.6 Å². The Bertz CT molecular complexity index is 3580. The first-order valence-electron chi connectivity index (χ1n) is 33.7. The molecule has 0 saturated carbocycles. The van der Waals surface area contributed by atoms with Crippen LogP contribution < -0.4 is 31.9 Å².